The van der Waals surface area contributed by atoms with Crippen LogP contribution in [0.4, 0.5) is 24.0 Å². The molecule has 0 bridgehead atoms. The number of hydrogen-bond acceptors (Lipinski definition) is 4. The summed E-state index contributed by atoms with van der Waals surface area (Å²) < 4.78 is 38.6. The van der Waals surface area contributed by atoms with E-state index in [0.717, 1.165) is 12.1 Å². The minimum atomic E-state index is -4.44. The molecule has 138 valence electrons. The molecule has 3 rings (SSSR count). The Kier molecular flexibility index (Phi) is 5.61. The Labute approximate surface area is 167 Å². The number of nitrogens with zero attached hydrogens (tertiary/aromatic N) is 2. The Hall–Kier alpha value is -2.27. The first kappa shape index (κ1) is 19.5. The predicted molar refractivity (Wildman–Crippen MR) is 102 cm³/mol. The summed E-state index contributed by atoms with van der Waals surface area (Å²) in [6.07, 6.45) is -4.34. The summed E-state index contributed by atoms with van der Waals surface area (Å²) in [5.41, 5.74) is 0.579. The molecule has 0 saturated heterocycles. The summed E-state index contributed by atoms with van der Waals surface area (Å²) in [4.78, 5) is 5.07. The van der Waals surface area contributed by atoms with Crippen molar-refractivity contribution in [1.82, 2.24) is 4.98 Å². The summed E-state index contributed by atoms with van der Waals surface area (Å²) in [6, 6.07) is 11.8. The molecular formula is C18H10Cl2F3N3S. The van der Waals surface area contributed by atoms with E-state index in [-0.39, 0.29) is 12.1 Å². The molecule has 1 heterocycles. The topological polar surface area (TPSA) is 48.7 Å². The van der Waals surface area contributed by atoms with Gasteiger partial charge in [0.1, 0.15) is 0 Å². The quantitative estimate of drug-likeness (QED) is 0.490. The number of thiazole rings is 1. The second kappa shape index (κ2) is 7.77. The van der Waals surface area contributed by atoms with Crippen LogP contribution in [-0.2, 0) is 12.6 Å². The number of halogens is 5. The molecule has 0 saturated carbocycles. The van der Waals surface area contributed by atoms with Gasteiger partial charge in [0.05, 0.1) is 28.8 Å². The van der Waals surface area contributed by atoms with Gasteiger partial charge in [0.25, 0.3) is 0 Å². The van der Waals surface area contributed by atoms with Crippen molar-refractivity contribution in [3.05, 3.63) is 63.0 Å². The third kappa shape index (κ3) is 4.53. The van der Waals surface area contributed by atoms with Gasteiger partial charge in [-0.1, -0.05) is 29.3 Å². The molecule has 3 nitrogen and oxygen atoms in total. The molecule has 3 aromatic rings. The van der Waals surface area contributed by atoms with Crippen molar-refractivity contribution in [2.45, 2.75) is 12.6 Å². The largest absolute Gasteiger partial charge is 0.416 e. The first-order valence-electron chi connectivity index (χ1n) is 7.54. The summed E-state index contributed by atoms with van der Waals surface area (Å²) in [7, 11) is 0. The van der Waals surface area contributed by atoms with E-state index in [0.29, 0.717) is 31.3 Å². The zero-order valence-electron chi connectivity index (χ0n) is 13.4. The number of rotatable bonds is 4. The molecule has 1 N–H and O–H groups in total. The normalized spacial score (nSPS) is 11.3. The summed E-state index contributed by atoms with van der Waals surface area (Å²) in [6.45, 7) is 0. The number of aromatic nitrogens is 1. The molecule has 0 unspecified atom stereocenters. The fourth-order valence-electron chi connectivity index (χ4n) is 2.39. The number of anilines is 2. The van der Waals surface area contributed by atoms with E-state index in [2.05, 4.69) is 16.4 Å². The maximum absolute atomic E-state index is 12.9. The van der Waals surface area contributed by atoms with Crippen LogP contribution in [0.2, 0.25) is 10.0 Å². The van der Waals surface area contributed by atoms with Gasteiger partial charge in [0.2, 0.25) is 0 Å². The lowest BCUT2D eigenvalue weighted by molar-refractivity contribution is -0.137. The predicted octanol–water partition coefficient (Wildman–Crippen LogP) is 6.95. The molecule has 0 atom stereocenters. The van der Waals surface area contributed by atoms with Gasteiger partial charge in [-0.2, -0.15) is 18.4 Å². The number of alkyl halides is 3. The zero-order chi connectivity index (χ0) is 19.6. The SMILES string of the molecule is N#CCc1sc(Nc2cccc(C(F)(F)F)c2)nc1-c1ccc(Cl)cc1Cl. The highest BCUT2D eigenvalue weighted by Crippen LogP contribution is 2.38. The van der Waals surface area contributed by atoms with Crippen LogP contribution in [0.5, 0.6) is 0 Å². The zero-order valence-corrected chi connectivity index (χ0v) is 15.8. The third-order valence-electron chi connectivity index (χ3n) is 3.56. The van der Waals surface area contributed by atoms with Crippen LogP contribution in [0.25, 0.3) is 11.3 Å². The smallest absolute Gasteiger partial charge is 0.332 e. The van der Waals surface area contributed by atoms with Crippen LogP contribution < -0.4 is 5.32 Å². The van der Waals surface area contributed by atoms with Crippen molar-refractivity contribution in [2.75, 3.05) is 5.32 Å². The molecular weight excluding hydrogens is 418 g/mol. The summed E-state index contributed by atoms with van der Waals surface area (Å²) in [5.74, 6) is 0. The molecule has 9 heteroatoms. The van der Waals surface area contributed by atoms with E-state index in [4.69, 9.17) is 28.5 Å². The average Bonchev–Trinajstić information content (AvgIpc) is 2.97. The molecule has 0 radical (unpaired) electrons. The molecule has 27 heavy (non-hydrogen) atoms. The molecule has 0 amide bonds. The average molecular weight is 428 g/mol. The Morgan fingerprint density at radius 2 is 1.93 bits per heavy atom. The van der Waals surface area contributed by atoms with Gasteiger partial charge >= 0.3 is 6.18 Å². The van der Waals surface area contributed by atoms with Crippen LogP contribution in [0.15, 0.2) is 42.5 Å². The molecule has 0 aliphatic heterocycles. The Balaban J connectivity index is 1.97. The first-order valence-corrected chi connectivity index (χ1v) is 9.11. The van der Waals surface area contributed by atoms with E-state index in [1.54, 1.807) is 18.2 Å². The number of nitriles is 1. The van der Waals surface area contributed by atoms with Crippen LogP contribution in [-0.4, -0.2) is 4.98 Å². The van der Waals surface area contributed by atoms with E-state index in [9.17, 15) is 13.2 Å². The lowest BCUT2D eigenvalue weighted by Crippen LogP contribution is -2.05. The minimum Gasteiger partial charge on any atom is -0.332 e. The monoisotopic (exact) mass is 427 g/mol. The molecule has 1 aromatic heterocycles. The van der Waals surface area contributed by atoms with Crippen LogP contribution in [0.1, 0.15) is 10.4 Å². The molecule has 0 spiro atoms. The van der Waals surface area contributed by atoms with Gasteiger partial charge in [-0.05, 0) is 36.4 Å². The van der Waals surface area contributed by atoms with Crippen molar-refractivity contribution in [3.8, 4) is 17.3 Å². The lowest BCUT2D eigenvalue weighted by atomic mass is 10.1. The highest BCUT2D eigenvalue weighted by atomic mass is 35.5. The van der Waals surface area contributed by atoms with Crippen molar-refractivity contribution >= 4 is 45.4 Å². The first-order chi connectivity index (χ1) is 12.8. The maximum Gasteiger partial charge on any atom is 0.416 e. The lowest BCUT2D eigenvalue weighted by Gasteiger charge is -2.09. The highest BCUT2D eigenvalue weighted by Gasteiger charge is 2.30. The van der Waals surface area contributed by atoms with E-state index in [1.165, 1.54) is 23.5 Å². The van der Waals surface area contributed by atoms with Gasteiger partial charge in [0, 0.05) is 21.2 Å². The van der Waals surface area contributed by atoms with Crippen LogP contribution >= 0.6 is 34.5 Å². The van der Waals surface area contributed by atoms with Gasteiger partial charge in [0.15, 0.2) is 5.13 Å². The number of nitrogens with one attached hydrogen (secondary N) is 1. The van der Waals surface area contributed by atoms with Crippen LogP contribution in [0.3, 0.4) is 0 Å². The third-order valence-corrected chi connectivity index (χ3v) is 5.08. The van der Waals surface area contributed by atoms with Crippen LogP contribution in [0, 0.1) is 11.3 Å². The van der Waals surface area contributed by atoms with Crippen molar-refractivity contribution < 1.29 is 13.2 Å². The minimum absolute atomic E-state index is 0.0935. The maximum atomic E-state index is 12.9. The van der Waals surface area contributed by atoms with Gasteiger partial charge < -0.3 is 5.32 Å². The molecule has 2 aromatic carbocycles. The Morgan fingerprint density at radius 1 is 1.15 bits per heavy atom. The number of hydrogen-bond donors (Lipinski definition) is 1. The van der Waals surface area contributed by atoms with Crippen molar-refractivity contribution in [2.24, 2.45) is 0 Å². The summed E-state index contributed by atoms with van der Waals surface area (Å²) in [5, 5.41) is 13.1. The van der Waals surface area contributed by atoms with E-state index < -0.39 is 11.7 Å². The standard InChI is InChI=1S/C18H10Cl2F3N3S/c19-11-4-5-13(14(20)9-11)16-15(6-7-24)27-17(26-16)25-12-3-1-2-10(8-12)18(21,22)23/h1-5,8-9H,6H2,(H,25,26). The molecule has 0 aliphatic rings. The fourth-order valence-corrected chi connectivity index (χ4v) is 3.81. The summed E-state index contributed by atoms with van der Waals surface area (Å²) >= 11 is 13.3. The number of benzene rings is 2. The van der Waals surface area contributed by atoms with E-state index in [1.807, 2.05) is 0 Å². The second-order valence-corrected chi connectivity index (χ2v) is 7.38. The highest BCUT2D eigenvalue weighted by molar-refractivity contribution is 7.16. The Bertz CT molecular complexity index is 1030. The van der Waals surface area contributed by atoms with Crippen molar-refractivity contribution in [3.63, 3.8) is 0 Å². The Morgan fingerprint density at radius 3 is 2.59 bits per heavy atom. The van der Waals surface area contributed by atoms with Gasteiger partial charge in [-0.15, -0.1) is 11.3 Å². The molecule has 0 fully saturated rings. The second-order valence-electron chi connectivity index (χ2n) is 5.45. The fraction of sp³-hybridized carbons (Fsp3) is 0.111. The van der Waals surface area contributed by atoms with Crippen molar-refractivity contribution in [1.29, 1.82) is 5.26 Å². The van der Waals surface area contributed by atoms with Gasteiger partial charge in [-0.25, -0.2) is 4.98 Å². The van der Waals surface area contributed by atoms with E-state index >= 15 is 0 Å². The molecule has 0 aliphatic carbocycles. The van der Waals surface area contributed by atoms with Gasteiger partial charge in [-0.3, -0.25) is 0 Å².